The third-order valence-electron chi connectivity index (χ3n) is 4.31. The summed E-state index contributed by atoms with van der Waals surface area (Å²) < 4.78 is 0. The van der Waals surface area contributed by atoms with Crippen molar-refractivity contribution in [2.75, 3.05) is 0 Å². The number of benzene rings is 1. The van der Waals surface area contributed by atoms with Crippen LogP contribution in [-0.4, -0.2) is 0 Å². The van der Waals surface area contributed by atoms with Crippen molar-refractivity contribution >= 4 is 0 Å². The molecule has 0 aliphatic heterocycles. The monoisotopic (exact) mass is 208 g/mol. The van der Waals surface area contributed by atoms with E-state index in [9.17, 15) is 5.11 Å². The third-order valence-corrected chi connectivity index (χ3v) is 4.31. The van der Waals surface area contributed by atoms with E-state index in [-0.39, 0.29) is 18.9 Å². The van der Waals surface area contributed by atoms with Gasteiger partial charge in [-0.15, -0.1) is 0 Å². The second-order valence-electron chi connectivity index (χ2n) is 5.17. The Kier molecular flexibility index (Phi) is 3.80. The molecule has 1 aromatic carbocycles. The van der Waals surface area contributed by atoms with E-state index in [1.165, 1.54) is 25.7 Å². The molecule has 1 aromatic rings. The van der Waals surface area contributed by atoms with Crippen LogP contribution >= 0.6 is 0 Å². The van der Waals surface area contributed by atoms with E-state index in [1.54, 1.807) is 0 Å². The summed E-state index contributed by atoms with van der Waals surface area (Å²) in [5, 5.41) is 12.3. The second-order valence-corrected chi connectivity index (χ2v) is 5.17. The predicted molar refractivity (Wildman–Crippen MR) is 58.1 cm³/mol. The maximum absolute atomic E-state index is 12.3. The molecule has 16 heavy (non-hydrogen) atoms. The van der Waals surface area contributed by atoms with E-state index >= 15 is 0 Å². The SMILES string of the molecule is [Li+].[O-]C(c1ccccc1)C1CC2CCC1C2. The molecule has 3 rings (SSSR count). The van der Waals surface area contributed by atoms with Crippen molar-refractivity contribution in [2.24, 2.45) is 17.8 Å². The van der Waals surface area contributed by atoms with Crippen LogP contribution in [0.5, 0.6) is 0 Å². The van der Waals surface area contributed by atoms with Crippen LogP contribution < -0.4 is 24.0 Å². The molecule has 0 aromatic heterocycles. The zero-order valence-corrected chi connectivity index (χ0v) is 9.93. The smallest absolute Gasteiger partial charge is 0.848 e. The minimum absolute atomic E-state index is 0. The third kappa shape index (κ3) is 2.09. The van der Waals surface area contributed by atoms with Crippen LogP contribution in [0.25, 0.3) is 0 Å². The van der Waals surface area contributed by atoms with Crippen molar-refractivity contribution in [1.82, 2.24) is 0 Å². The van der Waals surface area contributed by atoms with E-state index in [4.69, 9.17) is 0 Å². The first kappa shape index (κ1) is 12.2. The number of hydrogen-bond acceptors (Lipinski definition) is 1. The average Bonchev–Trinajstić information content (AvgIpc) is 2.91. The first-order chi connectivity index (χ1) is 7.34. The fraction of sp³-hybridized carbons (Fsp3) is 0.571. The molecule has 80 valence electrons. The predicted octanol–water partition coefficient (Wildman–Crippen LogP) is -0.472. The minimum atomic E-state index is -0.471. The Morgan fingerprint density at radius 1 is 1.06 bits per heavy atom. The zero-order valence-electron chi connectivity index (χ0n) is 9.93. The molecule has 2 fully saturated rings. The summed E-state index contributed by atoms with van der Waals surface area (Å²) in [6, 6.07) is 9.92. The number of fused-ring (bicyclic) bond motifs is 2. The van der Waals surface area contributed by atoms with Gasteiger partial charge < -0.3 is 5.11 Å². The maximum Gasteiger partial charge on any atom is 1.00 e. The van der Waals surface area contributed by atoms with Gasteiger partial charge in [0.2, 0.25) is 0 Å². The van der Waals surface area contributed by atoms with Crippen LogP contribution in [0.2, 0.25) is 0 Å². The Hall–Kier alpha value is -0.223. The molecule has 0 radical (unpaired) electrons. The molecule has 4 atom stereocenters. The van der Waals surface area contributed by atoms with Gasteiger partial charge in [0.15, 0.2) is 0 Å². The van der Waals surface area contributed by atoms with Crippen molar-refractivity contribution in [3.63, 3.8) is 0 Å². The summed E-state index contributed by atoms with van der Waals surface area (Å²) >= 11 is 0. The Balaban J connectivity index is 0.000000963. The van der Waals surface area contributed by atoms with Crippen LogP contribution in [0.1, 0.15) is 37.4 Å². The Bertz CT molecular complexity index is 338. The van der Waals surface area contributed by atoms with E-state index < -0.39 is 6.10 Å². The summed E-state index contributed by atoms with van der Waals surface area (Å²) in [5.74, 6) is 2.03. The van der Waals surface area contributed by atoms with Gasteiger partial charge in [0, 0.05) is 0 Å². The maximum atomic E-state index is 12.3. The molecule has 0 amide bonds. The number of hydrogen-bond donors (Lipinski definition) is 0. The first-order valence-corrected chi connectivity index (χ1v) is 6.05. The topological polar surface area (TPSA) is 23.1 Å². The summed E-state index contributed by atoms with van der Waals surface area (Å²) in [4.78, 5) is 0. The second kappa shape index (κ2) is 4.96. The fourth-order valence-electron chi connectivity index (χ4n) is 3.55. The molecule has 0 heterocycles. The van der Waals surface area contributed by atoms with Crippen molar-refractivity contribution in [1.29, 1.82) is 0 Å². The summed E-state index contributed by atoms with van der Waals surface area (Å²) in [5.41, 5.74) is 0.995. The summed E-state index contributed by atoms with van der Waals surface area (Å²) in [6.45, 7) is 0. The van der Waals surface area contributed by atoms with Gasteiger partial charge >= 0.3 is 18.9 Å². The van der Waals surface area contributed by atoms with E-state index in [2.05, 4.69) is 0 Å². The fourth-order valence-corrected chi connectivity index (χ4v) is 3.55. The molecule has 2 aliphatic rings. The number of rotatable bonds is 2. The van der Waals surface area contributed by atoms with E-state index in [0.29, 0.717) is 5.92 Å². The minimum Gasteiger partial charge on any atom is -0.848 e. The van der Waals surface area contributed by atoms with Crippen molar-refractivity contribution in [3.8, 4) is 0 Å². The van der Waals surface area contributed by atoms with E-state index in [0.717, 1.165) is 17.4 Å². The molecule has 4 unspecified atom stereocenters. The molecular weight excluding hydrogens is 191 g/mol. The van der Waals surface area contributed by atoms with Crippen molar-refractivity contribution in [3.05, 3.63) is 35.9 Å². The van der Waals surface area contributed by atoms with Crippen molar-refractivity contribution < 1.29 is 24.0 Å². The Morgan fingerprint density at radius 2 is 1.81 bits per heavy atom. The van der Waals surface area contributed by atoms with E-state index in [1.807, 2.05) is 30.3 Å². The van der Waals surface area contributed by atoms with Crippen LogP contribution in [-0.2, 0) is 0 Å². The van der Waals surface area contributed by atoms with Gasteiger partial charge in [-0.1, -0.05) is 48.4 Å². The molecule has 0 N–H and O–H groups in total. The van der Waals surface area contributed by atoms with Crippen LogP contribution in [0.4, 0.5) is 0 Å². The molecular formula is C14H17LiO. The molecule has 2 saturated carbocycles. The summed E-state index contributed by atoms with van der Waals surface area (Å²) in [6.07, 6.45) is 4.73. The molecule has 2 aliphatic carbocycles. The van der Waals surface area contributed by atoms with Gasteiger partial charge in [-0.25, -0.2) is 0 Å². The van der Waals surface area contributed by atoms with Crippen LogP contribution in [0.3, 0.4) is 0 Å². The van der Waals surface area contributed by atoms with Gasteiger partial charge in [0.1, 0.15) is 0 Å². The Labute approximate surface area is 109 Å². The standard InChI is InChI=1S/C14H17O.Li/c15-14(11-4-2-1-3-5-11)13-9-10-6-7-12(13)8-10;/h1-5,10,12-14H,6-9H2;/q-1;+1. The first-order valence-electron chi connectivity index (χ1n) is 6.05. The van der Waals surface area contributed by atoms with Crippen LogP contribution in [0.15, 0.2) is 30.3 Å². The zero-order chi connectivity index (χ0) is 10.3. The molecule has 2 bridgehead atoms. The van der Waals surface area contributed by atoms with Gasteiger partial charge in [-0.3, -0.25) is 0 Å². The largest absolute Gasteiger partial charge is 1.00 e. The summed E-state index contributed by atoms with van der Waals surface area (Å²) in [7, 11) is 0. The molecule has 0 saturated heterocycles. The van der Waals surface area contributed by atoms with Gasteiger partial charge in [0.25, 0.3) is 0 Å². The quantitative estimate of drug-likeness (QED) is 0.602. The normalized spacial score (nSPS) is 33.4. The van der Waals surface area contributed by atoms with Gasteiger partial charge in [-0.2, -0.15) is 0 Å². The molecule has 0 spiro atoms. The molecule has 2 heteroatoms. The van der Waals surface area contributed by atoms with Gasteiger partial charge in [0.05, 0.1) is 0 Å². The average molecular weight is 208 g/mol. The Morgan fingerprint density at radius 3 is 2.38 bits per heavy atom. The van der Waals surface area contributed by atoms with Gasteiger partial charge in [-0.05, 0) is 37.0 Å². The van der Waals surface area contributed by atoms with Crippen LogP contribution in [0, 0.1) is 17.8 Å². The van der Waals surface area contributed by atoms with Crippen molar-refractivity contribution in [2.45, 2.75) is 31.8 Å². The molecule has 1 nitrogen and oxygen atoms in total.